The van der Waals surface area contributed by atoms with Crippen LogP contribution in [0.5, 0.6) is 0 Å². The van der Waals surface area contributed by atoms with Gasteiger partial charge < -0.3 is 0 Å². The van der Waals surface area contributed by atoms with E-state index in [0.717, 1.165) is 4.90 Å². The zero-order chi connectivity index (χ0) is 16.6. The van der Waals surface area contributed by atoms with E-state index in [1.165, 1.54) is 11.8 Å². The molecule has 0 aliphatic rings. The number of aromatic nitrogens is 2. The van der Waals surface area contributed by atoms with E-state index in [1.54, 1.807) is 18.2 Å². The van der Waals surface area contributed by atoms with Gasteiger partial charge in [0.2, 0.25) is 3.79 Å². The van der Waals surface area contributed by atoms with Crippen LogP contribution in [0.15, 0.2) is 52.4 Å². The van der Waals surface area contributed by atoms with Crippen molar-refractivity contribution in [2.45, 2.75) is 13.7 Å². The van der Waals surface area contributed by atoms with Crippen LogP contribution in [0.3, 0.4) is 0 Å². The van der Waals surface area contributed by atoms with Crippen LogP contribution >= 0.6 is 69.8 Å². The third-order valence-corrected chi connectivity index (χ3v) is 5.16. The second-order valence-corrected chi connectivity index (χ2v) is 8.70. The molecule has 2 aromatic carbocycles. The minimum Gasteiger partial charge on any atom is -0.244 e. The van der Waals surface area contributed by atoms with E-state index >= 15 is 0 Å². The van der Waals surface area contributed by atoms with Gasteiger partial charge in [0.15, 0.2) is 0 Å². The van der Waals surface area contributed by atoms with Gasteiger partial charge in [-0.1, -0.05) is 81.9 Å². The van der Waals surface area contributed by atoms with E-state index in [9.17, 15) is 0 Å². The molecule has 1 heterocycles. The van der Waals surface area contributed by atoms with Crippen LogP contribution in [0, 0.1) is 0 Å². The maximum absolute atomic E-state index is 6.21. The molecule has 0 aliphatic heterocycles. The lowest BCUT2D eigenvalue weighted by Crippen LogP contribution is -2.08. The van der Waals surface area contributed by atoms with Gasteiger partial charge in [0.25, 0.3) is 0 Å². The molecule has 0 radical (unpaired) electrons. The average molecular weight is 425 g/mol. The highest BCUT2D eigenvalue weighted by atomic mass is 35.6. The fourth-order valence-electron chi connectivity index (χ4n) is 1.90. The van der Waals surface area contributed by atoms with E-state index in [1.807, 2.05) is 24.3 Å². The molecular formula is C15H7Cl5N2S. The molecule has 0 unspecified atom stereocenters. The van der Waals surface area contributed by atoms with Crippen LogP contribution in [0.2, 0.25) is 10.0 Å². The van der Waals surface area contributed by atoms with E-state index in [2.05, 4.69) is 9.97 Å². The third kappa shape index (κ3) is 3.98. The van der Waals surface area contributed by atoms with Crippen LogP contribution in [0.25, 0.3) is 11.0 Å². The van der Waals surface area contributed by atoms with Crippen LogP contribution in [0.1, 0.15) is 5.69 Å². The molecule has 1 aromatic heterocycles. The number of hydrogen-bond donors (Lipinski definition) is 0. The smallest absolute Gasteiger partial charge is 0.235 e. The van der Waals surface area contributed by atoms with E-state index < -0.39 is 3.79 Å². The monoisotopic (exact) mass is 422 g/mol. The number of fused-ring (bicyclic) bond motifs is 1. The molecule has 0 saturated heterocycles. The first-order valence-electron chi connectivity index (χ1n) is 6.31. The maximum Gasteiger partial charge on any atom is 0.235 e. The first-order chi connectivity index (χ1) is 10.8. The summed E-state index contributed by atoms with van der Waals surface area (Å²) in [5.74, 6) is 0. The quantitative estimate of drug-likeness (QED) is 0.418. The Kier molecular flexibility index (Phi) is 5.17. The summed E-state index contributed by atoms with van der Waals surface area (Å²) in [4.78, 5) is 9.74. The minimum absolute atomic E-state index is 0.261. The summed E-state index contributed by atoms with van der Waals surface area (Å²) in [5, 5.41) is 1.52. The number of alkyl halides is 3. The SMILES string of the molecule is Clc1ccc(Sc2nc3ccccc3nc2C(Cl)(Cl)Cl)c(Cl)c1. The van der Waals surface area contributed by atoms with Gasteiger partial charge in [0.05, 0.1) is 16.1 Å². The summed E-state index contributed by atoms with van der Waals surface area (Å²) < 4.78 is -1.70. The molecule has 0 atom stereocenters. The minimum atomic E-state index is -1.70. The van der Waals surface area contributed by atoms with Crippen molar-refractivity contribution in [3.63, 3.8) is 0 Å². The zero-order valence-corrected chi connectivity index (χ0v) is 15.8. The average Bonchev–Trinajstić information content (AvgIpc) is 2.48. The number of rotatable bonds is 2. The highest BCUT2D eigenvalue weighted by Gasteiger charge is 2.30. The highest BCUT2D eigenvalue weighted by molar-refractivity contribution is 7.99. The Morgan fingerprint density at radius 3 is 2.13 bits per heavy atom. The number of benzene rings is 2. The first-order valence-corrected chi connectivity index (χ1v) is 9.02. The molecule has 0 saturated carbocycles. The van der Waals surface area contributed by atoms with Crippen molar-refractivity contribution in [2.24, 2.45) is 0 Å². The molecular weight excluding hydrogens is 418 g/mol. The molecule has 3 rings (SSSR count). The Hall–Kier alpha value is -0.420. The van der Waals surface area contributed by atoms with Crippen molar-refractivity contribution in [3.8, 4) is 0 Å². The molecule has 118 valence electrons. The van der Waals surface area contributed by atoms with Crippen molar-refractivity contribution >= 4 is 80.8 Å². The van der Waals surface area contributed by atoms with E-state index in [0.29, 0.717) is 26.1 Å². The molecule has 2 nitrogen and oxygen atoms in total. The maximum atomic E-state index is 6.21. The molecule has 3 aromatic rings. The van der Waals surface area contributed by atoms with Gasteiger partial charge in [-0.25, -0.2) is 9.97 Å². The summed E-state index contributed by atoms with van der Waals surface area (Å²) in [6, 6.07) is 12.5. The summed E-state index contributed by atoms with van der Waals surface area (Å²) in [6.07, 6.45) is 0. The van der Waals surface area contributed by atoms with E-state index in [-0.39, 0.29) is 5.69 Å². The van der Waals surface area contributed by atoms with Gasteiger partial charge >= 0.3 is 0 Å². The van der Waals surface area contributed by atoms with Gasteiger partial charge in [0.1, 0.15) is 10.7 Å². The summed E-state index contributed by atoms with van der Waals surface area (Å²) in [6.45, 7) is 0. The summed E-state index contributed by atoms with van der Waals surface area (Å²) in [7, 11) is 0. The van der Waals surface area contributed by atoms with Crippen molar-refractivity contribution in [1.82, 2.24) is 9.97 Å². The largest absolute Gasteiger partial charge is 0.244 e. The first kappa shape index (κ1) is 17.4. The number of halogens is 5. The number of hydrogen-bond acceptors (Lipinski definition) is 3. The molecule has 0 spiro atoms. The van der Waals surface area contributed by atoms with Crippen LogP contribution in [0.4, 0.5) is 0 Å². The molecule has 0 bridgehead atoms. The predicted molar refractivity (Wildman–Crippen MR) is 99.4 cm³/mol. The van der Waals surface area contributed by atoms with Gasteiger partial charge in [-0.15, -0.1) is 0 Å². The lowest BCUT2D eigenvalue weighted by Gasteiger charge is -2.15. The molecule has 0 aliphatic carbocycles. The van der Waals surface area contributed by atoms with Crippen LogP contribution in [-0.4, -0.2) is 9.97 Å². The predicted octanol–water partition coefficient (Wildman–Crippen LogP) is 6.91. The Morgan fingerprint density at radius 2 is 1.52 bits per heavy atom. The third-order valence-electron chi connectivity index (χ3n) is 2.91. The molecule has 0 fully saturated rings. The standard InChI is InChI=1S/C15H7Cl5N2S/c16-8-5-6-12(9(17)7-8)23-14-13(15(18,19)20)21-10-3-1-2-4-11(10)22-14/h1-7H. The summed E-state index contributed by atoms with van der Waals surface area (Å²) in [5.41, 5.74) is 1.62. The van der Waals surface area contributed by atoms with Crippen LogP contribution in [-0.2, 0) is 3.79 Å². The zero-order valence-electron chi connectivity index (χ0n) is 11.2. The van der Waals surface area contributed by atoms with Crippen molar-refractivity contribution in [3.05, 3.63) is 58.2 Å². The summed E-state index contributed by atoms with van der Waals surface area (Å²) >= 11 is 31.6. The molecule has 0 amide bonds. The van der Waals surface area contributed by atoms with E-state index in [4.69, 9.17) is 58.0 Å². The second-order valence-electron chi connectivity index (χ2n) is 4.54. The van der Waals surface area contributed by atoms with Crippen molar-refractivity contribution < 1.29 is 0 Å². The number of nitrogens with zero attached hydrogens (tertiary/aromatic N) is 2. The molecule has 0 N–H and O–H groups in total. The lowest BCUT2D eigenvalue weighted by atomic mass is 10.3. The van der Waals surface area contributed by atoms with Gasteiger partial charge in [-0.3, -0.25) is 0 Å². The van der Waals surface area contributed by atoms with Crippen molar-refractivity contribution in [1.29, 1.82) is 0 Å². The van der Waals surface area contributed by atoms with Gasteiger partial charge in [0, 0.05) is 9.92 Å². The molecule has 8 heteroatoms. The fourth-order valence-corrected chi connectivity index (χ4v) is 3.93. The lowest BCUT2D eigenvalue weighted by molar-refractivity contribution is 0.970. The molecule has 23 heavy (non-hydrogen) atoms. The van der Waals surface area contributed by atoms with Gasteiger partial charge in [-0.2, -0.15) is 0 Å². The number of para-hydroxylation sites is 2. The van der Waals surface area contributed by atoms with Crippen LogP contribution < -0.4 is 0 Å². The Labute approximate surface area is 162 Å². The Balaban J connectivity index is 2.14. The fraction of sp³-hybridized carbons (Fsp3) is 0.0667. The topological polar surface area (TPSA) is 25.8 Å². The second kappa shape index (κ2) is 6.83. The van der Waals surface area contributed by atoms with Crippen molar-refractivity contribution in [2.75, 3.05) is 0 Å². The normalized spacial score (nSPS) is 11.9. The highest BCUT2D eigenvalue weighted by Crippen LogP contribution is 2.44. The van der Waals surface area contributed by atoms with Gasteiger partial charge in [-0.05, 0) is 30.3 Å². The Morgan fingerprint density at radius 1 is 0.870 bits per heavy atom. The Bertz CT molecular complexity index is 879.